The Morgan fingerprint density at radius 3 is 2.56 bits per heavy atom. The molecule has 0 saturated carbocycles. The Kier molecular flexibility index (Phi) is 5.47. The molecule has 2 N–H and O–H groups in total. The maximum atomic E-state index is 11.9. The molecule has 0 aromatic heterocycles. The van der Waals surface area contributed by atoms with Gasteiger partial charge in [-0.2, -0.15) is 13.2 Å². The molecule has 0 aliphatic rings. The molecule has 0 spiro atoms. The van der Waals surface area contributed by atoms with Gasteiger partial charge in [0.25, 0.3) is 0 Å². The highest BCUT2D eigenvalue weighted by atomic mass is 79.9. The van der Waals surface area contributed by atoms with E-state index in [2.05, 4.69) is 15.9 Å². The van der Waals surface area contributed by atoms with Crippen molar-refractivity contribution in [3.05, 3.63) is 28.2 Å². The van der Waals surface area contributed by atoms with Gasteiger partial charge in [-0.15, -0.1) is 0 Å². The SMILES string of the molecule is CC(N)c1ccc(OCCCC(F)(F)F)c(Br)c1. The predicted molar refractivity (Wildman–Crippen MR) is 67.5 cm³/mol. The van der Waals surface area contributed by atoms with Gasteiger partial charge in [0.05, 0.1) is 11.1 Å². The van der Waals surface area contributed by atoms with Crippen LogP contribution in [0.5, 0.6) is 5.75 Å². The van der Waals surface area contributed by atoms with Gasteiger partial charge in [-0.1, -0.05) is 6.07 Å². The van der Waals surface area contributed by atoms with Crippen LogP contribution in [0.1, 0.15) is 31.4 Å². The molecule has 0 aliphatic heterocycles. The molecule has 1 aromatic rings. The van der Waals surface area contributed by atoms with Crippen molar-refractivity contribution < 1.29 is 17.9 Å². The second-order valence-corrected chi connectivity index (χ2v) is 4.90. The number of hydrogen-bond acceptors (Lipinski definition) is 2. The molecule has 1 aromatic carbocycles. The monoisotopic (exact) mass is 325 g/mol. The lowest BCUT2D eigenvalue weighted by Crippen LogP contribution is -2.10. The number of hydrogen-bond donors (Lipinski definition) is 1. The predicted octanol–water partition coefficient (Wildman–Crippen LogP) is 4.19. The highest BCUT2D eigenvalue weighted by molar-refractivity contribution is 9.10. The molecule has 0 fully saturated rings. The zero-order valence-electron chi connectivity index (χ0n) is 9.93. The summed E-state index contributed by atoms with van der Waals surface area (Å²) < 4.78 is 41.7. The largest absolute Gasteiger partial charge is 0.492 e. The number of alkyl halides is 3. The third-order valence-electron chi connectivity index (χ3n) is 2.34. The maximum absolute atomic E-state index is 11.9. The van der Waals surface area contributed by atoms with Gasteiger partial charge in [-0.25, -0.2) is 0 Å². The van der Waals surface area contributed by atoms with Crippen molar-refractivity contribution in [3.63, 3.8) is 0 Å². The topological polar surface area (TPSA) is 35.2 Å². The molecule has 1 atom stereocenters. The van der Waals surface area contributed by atoms with Crippen LogP contribution >= 0.6 is 15.9 Å². The molecule has 0 radical (unpaired) electrons. The average molecular weight is 326 g/mol. The Morgan fingerprint density at radius 2 is 2.06 bits per heavy atom. The lowest BCUT2D eigenvalue weighted by atomic mass is 10.1. The molecule has 0 aliphatic carbocycles. The Hall–Kier alpha value is -0.750. The fourth-order valence-electron chi connectivity index (χ4n) is 1.37. The fraction of sp³-hybridized carbons (Fsp3) is 0.500. The Labute approximate surface area is 112 Å². The molecular weight excluding hydrogens is 311 g/mol. The van der Waals surface area contributed by atoms with E-state index in [4.69, 9.17) is 10.5 Å². The molecule has 1 rings (SSSR count). The van der Waals surface area contributed by atoms with Gasteiger partial charge >= 0.3 is 6.18 Å². The fourth-order valence-corrected chi connectivity index (χ4v) is 1.88. The molecule has 0 amide bonds. The van der Waals surface area contributed by atoms with Crippen LogP contribution in [-0.4, -0.2) is 12.8 Å². The van der Waals surface area contributed by atoms with Crippen molar-refractivity contribution in [1.29, 1.82) is 0 Å². The highest BCUT2D eigenvalue weighted by Gasteiger charge is 2.26. The molecule has 0 heterocycles. The Morgan fingerprint density at radius 1 is 1.39 bits per heavy atom. The Balaban J connectivity index is 2.48. The van der Waals surface area contributed by atoms with E-state index >= 15 is 0 Å². The highest BCUT2D eigenvalue weighted by Crippen LogP contribution is 2.28. The molecule has 6 heteroatoms. The van der Waals surface area contributed by atoms with E-state index in [-0.39, 0.29) is 19.1 Å². The van der Waals surface area contributed by atoms with E-state index < -0.39 is 12.6 Å². The summed E-state index contributed by atoms with van der Waals surface area (Å²) in [6.45, 7) is 1.89. The third kappa shape index (κ3) is 5.27. The third-order valence-corrected chi connectivity index (χ3v) is 2.96. The molecule has 0 saturated heterocycles. The average Bonchev–Trinajstić information content (AvgIpc) is 2.24. The van der Waals surface area contributed by atoms with Crippen LogP contribution in [0.3, 0.4) is 0 Å². The van der Waals surface area contributed by atoms with E-state index in [1.165, 1.54) is 0 Å². The molecule has 1 unspecified atom stereocenters. The van der Waals surface area contributed by atoms with Gasteiger partial charge in [0.15, 0.2) is 0 Å². The minimum Gasteiger partial charge on any atom is -0.492 e. The summed E-state index contributed by atoms with van der Waals surface area (Å²) in [5.74, 6) is 0.529. The zero-order chi connectivity index (χ0) is 13.8. The number of nitrogens with two attached hydrogens (primary N) is 1. The van der Waals surface area contributed by atoms with E-state index in [1.54, 1.807) is 12.1 Å². The van der Waals surface area contributed by atoms with Crippen LogP contribution in [0.15, 0.2) is 22.7 Å². The van der Waals surface area contributed by atoms with E-state index in [9.17, 15) is 13.2 Å². The van der Waals surface area contributed by atoms with Crippen LogP contribution < -0.4 is 10.5 Å². The molecule has 2 nitrogen and oxygen atoms in total. The summed E-state index contributed by atoms with van der Waals surface area (Å²) >= 11 is 3.30. The van der Waals surface area contributed by atoms with Crippen molar-refractivity contribution >= 4 is 15.9 Å². The van der Waals surface area contributed by atoms with Crippen LogP contribution in [0.2, 0.25) is 0 Å². The molecule has 18 heavy (non-hydrogen) atoms. The van der Waals surface area contributed by atoms with E-state index in [0.29, 0.717) is 10.2 Å². The van der Waals surface area contributed by atoms with Crippen LogP contribution in [-0.2, 0) is 0 Å². The first-order valence-corrected chi connectivity index (χ1v) is 6.33. The second kappa shape index (κ2) is 6.43. The van der Waals surface area contributed by atoms with Crippen LogP contribution in [0, 0.1) is 0 Å². The lowest BCUT2D eigenvalue weighted by molar-refractivity contribution is -0.136. The van der Waals surface area contributed by atoms with Gasteiger partial charge in [0.1, 0.15) is 5.75 Å². The van der Waals surface area contributed by atoms with Crippen molar-refractivity contribution in [2.24, 2.45) is 5.73 Å². The normalized spacial score (nSPS) is 13.4. The second-order valence-electron chi connectivity index (χ2n) is 4.05. The van der Waals surface area contributed by atoms with E-state index in [1.807, 2.05) is 13.0 Å². The molecule has 0 bridgehead atoms. The number of benzene rings is 1. The van der Waals surface area contributed by atoms with Gasteiger partial charge in [0, 0.05) is 12.5 Å². The standard InChI is InChI=1S/C12H15BrF3NO/c1-8(17)9-3-4-11(10(13)7-9)18-6-2-5-12(14,15)16/h3-4,7-8H,2,5-6,17H2,1H3. The van der Waals surface area contributed by atoms with Gasteiger partial charge in [0.2, 0.25) is 0 Å². The van der Waals surface area contributed by atoms with Gasteiger partial charge in [-0.05, 0) is 47.0 Å². The minimum atomic E-state index is -4.13. The first-order valence-electron chi connectivity index (χ1n) is 5.54. The first-order chi connectivity index (χ1) is 8.29. The van der Waals surface area contributed by atoms with Gasteiger partial charge < -0.3 is 10.5 Å². The number of ether oxygens (including phenoxy) is 1. The van der Waals surface area contributed by atoms with E-state index in [0.717, 1.165) is 5.56 Å². The van der Waals surface area contributed by atoms with Crippen LogP contribution in [0.25, 0.3) is 0 Å². The summed E-state index contributed by atoms with van der Waals surface area (Å²) in [5.41, 5.74) is 6.65. The lowest BCUT2D eigenvalue weighted by Gasteiger charge is -2.12. The molecular formula is C12H15BrF3NO. The van der Waals surface area contributed by atoms with Crippen molar-refractivity contribution in [2.75, 3.05) is 6.61 Å². The summed E-state index contributed by atoms with van der Waals surface area (Å²) in [6, 6.07) is 5.22. The quantitative estimate of drug-likeness (QED) is 0.824. The minimum absolute atomic E-state index is 0.0373. The first kappa shape index (κ1) is 15.3. The number of halogens is 4. The summed E-state index contributed by atoms with van der Waals surface area (Å²) in [6.07, 6.45) is -5.01. The molecule has 102 valence electrons. The number of rotatable bonds is 5. The van der Waals surface area contributed by atoms with Crippen molar-refractivity contribution in [3.8, 4) is 5.75 Å². The Bertz CT molecular complexity index is 393. The zero-order valence-corrected chi connectivity index (χ0v) is 11.5. The summed E-state index contributed by atoms with van der Waals surface area (Å²) in [4.78, 5) is 0. The maximum Gasteiger partial charge on any atom is 0.389 e. The smallest absolute Gasteiger partial charge is 0.389 e. The van der Waals surface area contributed by atoms with Crippen molar-refractivity contribution in [1.82, 2.24) is 0 Å². The summed E-state index contributed by atoms with van der Waals surface area (Å²) in [5, 5.41) is 0. The van der Waals surface area contributed by atoms with Crippen molar-refractivity contribution in [2.45, 2.75) is 32.0 Å². The van der Waals surface area contributed by atoms with Crippen LogP contribution in [0.4, 0.5) is 13.2 Å². The summed E-state index contributed by atoms with van der Waals surface area (Å²) in [7, 11) is 0. The van der Waals surface area contributed by atoms with Gasteiger partial charge in [-0.3, -0.25) is 0 Å².